The maximum atomic E-state index is 3.61. The first-order valence-corrected chi connectivity index (χ1v) is 6.76. The first-order chi connectivity index (χ1) is 8.22. The standard InChI is InChI=1S/C15H22N2/c1-11-3-4-13(7-12(11)2)9-17-10-14-5-6-15(17)8-16-14/h3-4,7,14-16H,5-6,8-10H2,1-2H3. The maximum Gasteiger partial charge on any atom is 0.0237 e. The maximum absolute atomic E-state index is 3.61. The number of nitrogens with one attached hydrogen (secondary N) is 1. The van der Waals surface area contributed by atoms with E-state index >= 15 is 0 Å². The van der Waals surface area contributed by atoms with Crippen molar-refractivity contribution in [2.24, 2.45) is 0 Å². The molecular formula is C15H22N2. The van der Waals surface area contributed by atoms with Crippen LogP contribution in [-0.4, -0.2) is 30.1 Å². The van der Waals surface area contributed by atoms with Gasteiger partial charge in [-0.3, -0.25) is 4.90 Å². The van der Waals surface area contributed by atoms with Crippen molar-refractivity contribution in [3.63, 3.8) is 0 Å². The minimum atomic E-state index is 0.742. The molecule has 2 bridgehead atoms. The highest BCUT2D eigenvalue weighted by Crippen LogP contribution is 2.24. The Morgan fingerprint density at radius 2 is 2.12 bits per heavy atom. The van der Waals surface area contributed by atoms with E-state index in [0.717, 1.165) is 18.6 Å². The second-order valence-electron chi connectivity index (χ2n) is 5.68. The van der Waals surface area contributed by atoms with Crippen LogP contribution in [0.25, 0.3) is 0 Å². The van der Waals surface area contributed by atoms with Gasteiger partial charge in [0.05, 0.1) is 0 Å². The number of nitrogens with zero attached hydrogens (tertiary/aromatic N) is 1. The van der Waals surface area contributed by atoms with Crippen LogP contribution in [0.5, 0.6) is 0 Å². The minimum Gasteiger partial charge on any atom is -0.311 e. The highest BCUT2D eigenvalue weighted by molar-refractivity contribution is 5.30. The van der Waals surface area contributed by atoms with Gasteiger partial charge >= 0.3 is 0 Å². The summed E-state index contributed by atoms with van der Waals surface area (Å²) in [6, 6.07) is 8.40. The number of hydrogen-bond donors (Lipinski definition) is 1. The molecule has 2 atom stereocenters. The SMILES string of the molecule is Cc1ccc(CN2CC3CCC2CN3)cc1C. The highest BCUT2D eigenvalue weighted by Gasteiger charge is 2.32. The summed E-state index contributed by atoms with van der Waals surface area (Å²) in [4.78, 5) is 2.66. The number of piperazine rings is 1. The van der Waals surface area contributed by atoms with Crippen LogP contribution in [0.15, 0.2) is 18.2 Å². The molecule has 2 heteroatoms. The van der Waals surface area contributed by atoms with E-state index in [0.29, 0.717) is 0 Å². The molecule has 92 valence electrons. The van der Waals surface area contributed by atoms with E-state index < -0.39 is 0 Å². The van der Waals surface area contributed by atoms with Crippen LogP contribution in [0.1, 0.15) is 29.5 Å². The molecule has 0 spiro atoms. The smallest absolute Gasteiger partial charge is 0.0237 e. The van der Waals surface area contributed by atoms with Crippen molar-refractivity contribution in [3.05, 3.63) is 34.9 Å². The Bertz CT molecular complexity index is 405. The van der Waals surface area contributed by atoms with Crippen molar-refractivity contribution in [3.8, 4) is 0 Å². The zero-order chi connectivity index (χ0) is 11.8. The summed E-state index contributed by atoms with van der Waals surface area (Å²) in [5, 5.41) is 3.61. The molecular weight excluding hydrogens is 208 g/mol. The second kappa shape index (κ2) is 4.43. The summed E-state index contributed by atoms with van der Waals surface area (Å²) in [7, 11) is 0. The Balaban J connectivity index is 1.72. The zero-order valence-electron chi connectivity index (χ0n) is 10.9. The average Bonchev–Trinajstić information content (AvgIpc) is 2.35. The molecule has 3 fully saturated rings. The summed E-state index contributed by atoms with van der Waals surface area (Å²) in [5.41, 5.74) is 4.29. The predicted octanol–water partition coefficient (Wildman–Crippen LogP) is 2.24. The van der Waals surface area contributed by atoms with Crippen LogP contribution in [0, 0.1) is 13.8 Å². The number of piperidine rings is 2. The van der Waals surface area contributed by atoms with Crippen molar-refractivity contribution in [1.29, 1.82) is 0 Å². The lowest BCUT2D eigenvalue weighted by Crippen LogP contribution is -2.60. The van der Waals surface area contributed by atoms with Crippen LogP contribution < -0.4 is 5.32 Å². The normalized spacial score (nSPS) is 28.6. The first-order valence-electron chi connectivity index (χ1n) is 6.76. The molecule has 3 aliphatic heterocycles. The molecule has 1 aromatic rings. The van der Waals surface area contributed by atoms with Crippen molar-refractivity contribution < 1.29 is 0 Å². The van der Waals surface area contributed by atoms with Gasteiger partial charge in [-0.05, 0) is 43.4 Å². The molecule has 2 unspecified atom stereocenters. The third kappa shape index (κ3) is 2.24. The zero-order valence-corrected chi connectivity index (χ0v) is 10.9. The lowest BCUT2D eigenvalue weighted by atomic mass is 9.92. The van der Waals surface area contributed by atoms with Gasteiger partial charge in [0, 0.05) is 31.7 Å². The number of hydrogen-bond acceptors (Lipinski definition) is 2. The van der Waals surface area contributed by atoms with E-state index in [-0.39, 0.29) is 0 Å². The molecule has 0 aromatic heterocycles. The van der Waals surface area contributed by atoms with Gasteiger partial charge in [-0.2, -0.15) is 0 Å². The second-order valence-corrected chi connectivity index (χ2v) is 5.68. The molecule has 1 aromatic carbocycles. The molecule has 4 rings (SSSR count). The summed E-state index contributed by atoms with van der Waals surface area (Å²) >= 11 is 0. The van der Waals surface area contributed by atoms with Gasteiger partial charge in [0.15, 0.2) is 0 Å². The summed E-state index contributed by atoms with van der Waals surface area (Å²) in [5.74, 6) is 0. The summed E-state index contributed by atoms with van der Waals surface area (Å²) < 4.78 is 0. The van der Waals surface area contributed by atoms with E-state index in [1.807, 2.05) is 0 Å². The van der Waals surface area contributed by atoms with Crippen LogP contribution >= 0.6 is 0 Å². The van der Waals surface area contributed by atoms with Crippen LogP contribution in [-0.2, 0) is 6.54 Å². The van der Waals surface area contributed by atoms with Crippen molar-refractivity contribution >= 4 is 0 Å². The van der Waals surface area contributed by atoms with Gasteiger partial charge in [0.1, 0.15) is 0 Å². The molecule has 0 amide bonds. The fourth-order valence-electron chi connectivity index (χ4n) is 3.13. The Labute approximate surface area is 104 Å². The number of rotatable bonds is 2. The minimum absolute atomic E-state index is 0.742. The van der Waals surface area contributed by atoms with Crippen LogP contribution in [0.2, 0.25) is 0 Å². The Morgan fingerprint density at radius 3 is 2.71 bits per heavy atom. The molecule has 17 heavy (non-hydrogen) atoms. The third-order valence-electron chi connectivity index (χ3n) is 4.42. The van der Waals surface area contributed by atoms with Gasteiger partial charge in [-0.25, -0.2) is 0 Å². The van der Waals surface area contributed by atoms with Crippen molar-refractivity contribution in [1.82, 2.24) is 10.2 Å². The average molecular weight is 230 g/mol. The molecule has 0 saturated carbocycles. The summed E-state index contributed by atoms with van der Waals surface area (Å²) in [6.07, 6.45) is 2.75. The van der Waals surface area contributed by atoms with Gasteiger partial charge in [-0.15, -0.1) is 0 Å². The molecule has 0 aliphatic carbocycles. The lowest BCUT2D eigenvalue weighted by Gasteiger charge is -2.46. The van der Waals surface area contributed by atoms with Crippen molar-refractivity contribution in [2.45, 2.75) is 45.3 Å². The van der Waals surface area contributed by atoms with Crippen LogP contribution in [0.4, 0.5) is 0 Å². The van der Waals surface area contributed by atoms with E-state index in [1.54, 1.807) is 0 Å². The van der Waals surface area contributed by atoms with Crippen molar-refractivity contribution in [2.75, 3.05) is 13.1 Å². The molecule has 3 heterocycles. The Kier molecular flexibility index (Phi) is 2.93. The monoisotopic (exact) mass is 230 g/mol. The first kappa shape index (κ1) is 11.2. The molecule has 0 radical (unpaired) electrons. The summed E-state index contributed by atoms with van der Waals surface area (Å²) in [6.45, 7) is 7.95. The number of aryl methyl sites for hydroxylation is 2. The van der Waals surface area contributed by atoms with Gasteiger partial charge in [-0.1, -0.05) is 18.2 Å². The fourth-order valence-corrected chi connectivity index (χ4v) is 3.13. The molecule has 1 N–H and O–H groups in total. The Hall–Kier alpha value is -0.860. The van der Waals surface area contributed by atoms with Crippen LogP contribution in [0.3, 0.4) is 0 Å². The van der Waals surface area contributed by atoms with Gasteiger partial charge < -0.3 is 5.32 Å². The number of fused-ring (bicyclic) bond motifs is 3. The Morgan fingerprint density at radius 1 is 1.24 bits per heavy atom. The van der Waals surface area contributed by atoms with E-state index in [9.17, 15) is 0 Å². The largest absolute Gasteiger partial charge is 0.311 e. The highest BCUT2D eigenvalue weighted by atomic mass is 15.2. The predicted molar refractivity (Wildman–Crippen MR) is 71.1 cm³/mol. The number of benzene rings is 1. The molecule has 3 saturated heterocycles. The third-order valence-corrected chi connectivity index (χ3v) is 4.42. The van der Waals surface area contributed by atoms with E-state index in [1.165, 1.54) is 42.6 Å². The van der Waals surface area contributed by atoms with E-state index in [4.69, 9.17) is 0 Å². The molecule has 3 aliphatic rings. The topological polar surface area (TPSA) is 15.3 Å². The quantitative estimate of drug-likeness (QED) is 0.838. The van der Waals surface area contributed by atoms with Gasteiger partial charge in [0.2, 0.25) is 0 Å². The van der Waals surface area contributed by atoms with Gasteiger partial charge in [0.25, 0.3) is 0 Å². The fraction of sp³-hybridized carbons (Fsp3) is 0.600. The lowest BCUT2D eigenvalue weighted by molar-refractivity contribution is 0.0685. The van der Waals surface area contributed by atoms with E-state index in [2.05, 4.69) is 42.3 Å². The molecule has 2 nitrogen and oxygen atoms in total.